The van der Waals surface area contributed by atoms with Gasteiger partial charge in [0.15, 0.2) is 6.23 Å². The molecule has 0 aliphatic carbocycles. The van der Waals surface area contributed by atoms with Gasteiger partial charge < -0.3 is 35.3 Å². The third kappa shape index (κ3) is 13.2. The van der Waals surface area contributed by atoms with Gasteiger partial charge in [-0.25, -0.2) is 14.6 Å². The van der Waals surface area contributed by atoms with Gasteiger partial charge in [-0.1, -0.05) is 117 Å². The maximum absolute atomic E-state index is 14.1. The van der Waals surface area contributed by atoms with Crippen LogP contribution in [0.15, 0.2) is 116 Å². The second-order valence-corrected chi connectivity index (χ2v) is 14.2. The van der Waals surface area contributed by atoms with Gasteiger partial charge in [0.2, 0.25) is 25.6 Å². The van der Waals surface area contributed by atoms with Crippen molar-refractivity contribution in [2.75, 3.05) is 0 Å². The lowest BCUT2D eigenvalue weighted by atomic mass is 9.98. The molecule has 55 heavy (non-hydrogen) atoms. The van der Waals surface area contributed by atoms with Gasteiger partial charge in [-0.3, -0.25) is 9.59 Å². The summed E-state index contributed by atoms with van der Waals surface area (Å²) in [7, 11) is -2.69. The summed E-state index contributed by atoms with van der Waals surface area (Å²) >= 11 is 0. The molecule has 4 atom stereocenters. The Kier molecular flexibility index (Phi) is 15.1. The lowest BCUT2D eigenvalue weighted by Gasteiger charge is -2.25. The summed E-state index contributed by atoms with van der Waals surface area (Å²) in [4.78, 5) is 73.5. The van der Waals surface area contributed by atoms with Crippen LogP contribution in [0.25, 0.3) is 10.8 Å². The number of nitrogens with one attached hydrogen (secondary N) is 4. The molecule has 0 saturated carbocycles. The van der Waals surface area contributed by atoms with E-state index in [2.05, 4.69) is 25.9 Å². The fraction of sp³-hybridized carbons (Fsp3) is 0.268. The van der Waals surface area contributed by atoms with Crippen LogP contribution in [0, 0.1) is 5.92 Å². The van der Waals surface area contributed by atoms with E-state index in [-0.39, 0.29) is 38.4 Å². The minimum absolute atomic E-state index is 0.00448. The monoisotopic (exact) mass is 765 g/mol. The van der Waals surface area contributed by atoms with Gasteiger partial charge in [0.05, 0.1) is 6.33 Å². The highest BCUT2D eigenvalue weighted by molar-refractivity contribution is 7.47. The molecule has 1 unspecified atom stereocenters. The molecule has 286 valence electrons. The van der Waals surface area contributed by atoms with Gasteiger partial charge in [0.1, 0.15) is 25.3 Å². The lowest BCUT2D eigenvalue weighted by molar-refractivity contribution is -0.177. The number of hydrogen-bond acceptors (Lipinski definition) is 9. The fourth-order valence-electron chi connectivity index (χ4n) is 5.73. The van der Waals surface area contributed by atoms with Crippen LogP contribution in [0.3, 0.4) is 0 Å². The standard InChI is InChI=1S/C41H44N5O8P/c1-28(2)20-37(54-55(51)26-38(47)52-24-29-12-5-3-6-13-29)46-40(49)36(22-33-23-42-27-43-33)44-39(48)35(45-41(50)53-25-30-14-7-4-8-15-30)21-32-18-11-17-31-16-9-10-19-34(31)32/h3-19,23,26-28,35-37H,20-22,24-25H2,1-2H3,(H,42,43)(H,44,48)(H,45,50)(H,46,49)/t35-,36+,37+/m1/s1. The first-order chi connectivity index (χ1) is 26.6. The zero-order valence-electron chi connectivity index (χ0n) is 30.6. The number of rotatable bonds is 18. The highest BCUT2D eigenvalue weighted by atomic mass is 31.1. The molecular formula is C41H44N5O8P. The van der Waals surface area contributed by atoms with Gasteiger partial charge >= 0.3 is 12.1 Å². The average molecular weight is 766 g/mol. The molecule has 0 aliphatic rings. The maximum Gasteiger partial charge on any atom is 0.408 e. The SMILES string of the molecule is CC(C)C[C@@H](NC(=O)[C@H](Cc1cnc[nH]1)NC(=O)[C@@H](Cc1cccc2ccccc12)NC(=O)OCc1ccccc1)O[P+]([O-])=CC(=O)OCc1ccccc1. The zero-order valence-corrected chi connectivity index (χ0v) is 31.4. The second kappa shape index (κ2) is 20.5. The van der Waals surface area contributed by atoms with Crippen LogP contribution in [-0.2, 0) is 54.4 Å². The van der Waals surface area contributed by atoms with E-state index in [9.17, 15) is 24.1 Å². The van der Waals surface area contributed by atoms with Crippen molar-refractivity contribution < 1.29 is 38.1 Å². The van der Waals surface area contributed by atoms with Crippen LogP contribution in [0.4, 0.5) is 4.79 Å². The molecule has 0 fully saturated rings. The van der Waals surface area contributed by atoms with Gasteiger partial charge in [0.25, 0.3) is 0 Å². The Morgan fingerprint density at radius 3 is 2.05 bits per heavy atom. The molecule has 4 aromatic carbocycles. The molecule has 0 saturated heterocycles. The molecule has 0 spiro atoms. The van der Waals surface area contributed by atoms with E-state index in [1.807, 2.05) is 92.7 Å². The molecule has 5 aromatic rings. The minimum atomic E-state index is -2.69. The number of carbonyl (C=O) groups excluding carboxylic acids is 4. The number of imidazole rings is 1. The van der Waals surface area contributed by atoms with Crippen molar-refractivity contribution in [2.45, 2.75) is 64.6 Å². The Morgan fingerprint density at radius 2 is 1.38 bits per heavy atom. The number of fused-ring (bicyclic) bond motifs is 1. The predicted molar refractivity (Wildman–Crippen MR) is 207 cm³/mol. The van der Waals surface area contributed by atoms with Crippen molar-refractivity contribution >= 4 is 48.4 Å². The number of nitrogens with zero attached hydrogens (tertiary/aromatic N) is 1. The third-order valence-corrected chi connectivity index (χ3v) is 9.28. The van der Waals surface area contributed by atoms with Gasteiger partial charge in [0, 0.05) is 24.7 Å². The van der Waals surface area contributed by atoms with Gasteiger partial charge in [-0.2, -0.15) is 4.52 Å². The van der Waals surface area contributed by atoms with E-state index in [1.165, 1.54) is 12.5 Å². The topological polar surface area (TPSA) is 184 Å². The molecule has 14 heteroatoms. The molecular weight excluding hydrogens is 721 g/mol. The first-order valence-electron chi connectivity index (χ1n) is 17.8. The summed E-state index contributed by atoms with van der Waals surface area (Å²) in [5.74, 6) is -1.33. The van der Waals surface area contributed by atoms with Crippen LogP contribution in [0.2, 0.25) is 0 Å². The van der Waals surface area contributed by atoms with E-state index in [0.717, 1.165) is 33.3 Å². The molecule has 1 aromatic heterocycles. The third-order valence-electron chi connectivity index (χ3n) is 8.39. The van der Waals surface area contributed by atoms with Crippen molar-refractivity contribution in [1.82, 2.24) is 25.9 Å². The number of esters is 1. The van der Waals surface area contributed by atoms with Gasteiger partial charge in [-0.15, -0.1) is 0 Å². The van der Waals surface area contributed by atoms with Gasteiger partial charge in [-0.05, 0) is 39.8 Å². The maximum atomic E-state index is 14.1. The summed E-state index contributed by atoms with van der Waals surface area (Å²) in [5.41, 5.74) is 2.87. The molecule has 13 nitrogen and oxygen atoms in total. The zero-order chi connectivity index (χ0) is 39.0. The van der Waals surface area contributed by atoms with Crippen LogP contribution in [0.1, 0.15) is 42.7 Å². The fourth-order valence-corrected chi connectivity index (χ4v) is 6.43. The number of benzene rings is 4. The van der Waals surface area contributed by atoms with E-state index < -0.39 is 50.2 Å². The van der Waals surface area contributed by atoms with Crippen LogP contribution in [-0.4, -0.2) is 58.0 Å². The average Bonchev–Trinajstić information content (AvgIpc) is 3.69. The minimum Gasteiger partial charge on any atom is -0.603 e. The van der Waals surface area contributed by atoms with Crippen LogP contribution in [0.5, 0.6) is 0 Å². The highest BCUT2D eigenvalue weighted by Gasteiger charge is 2.31. The Balaban J connectivity index is 1.32. The number of amides is 3. The molecule has 5 rings (SSSR count). The number of ether oxygens (including phenoxy) is 2. The van der Waals surface area contributed by atoms with Crippen molar-refractivity contribution in [2.24, 2.45) is 5.92 Å². The normalized spacial score (nSPS) is 13.1. The van der Waals surface area contributed by atoms with Crippen LogP contribution < -0.4 is 20.8 Å². The smallest absolute Gasteiger partial charge is 0.408 e. The second-order valence-electron chi connectivity index (χ2n) is 13.2. The summed E-state index contributed by atoms with van der Waals surface area (Å²) in [5, 5.41) is 10.1. The Labute approximate surface area is 320 Å². The van der Waals surface area contributed by atoms with Crippen molar-refractivity contribution in [1.29, 1.82) is 0 Å². The quantitative estimate of drug-likeness (QED) is 0.0550. The number of aromatic nitrogens is 2. The molecule has 0 bridgehead atoms. The molecule has 4 N–H and O–H groups in total. The number of carbonyl (C=O) groups is 4. The summed E-state index contributed by atoms with van der Waals surface area (Å²) in [6, 6.07) is 29.2. The Hall–Kier alpha value is -5.88. The summed E-state index contributed by atoms with van der Waals surface area (Å²) in [6.07, 6.45) is 1.38. The first-order valence-corrected chi connectivity index (χ1v) is 19.1. The molecule has 0 radical (unpaired) electrons. The predicted octanol–water partition coefficient (Wildman–Crippen LogP) is 4.85. The van der Waals surface area contributed by atoms with Crippen molar-refractivity contribution in [3.63, 3.8) is 0 Å². The highest BCUT2D eigenvalue weighted by Crippen LogP contribution is 2.21. The first kappa shape index (κ1) is 40.3. The Bertz CT molecular complexity index is 2040. The van der Waals surface area contributed by atoms with E-state index >= 15 is 0 Å². The number of hydrogen-bond donors (Lipinski definition) is 4. The van der Waals surface area contributed by atoms with Crippen molar-refractivity contribution in [3.05, 3.63) is 138 Å². The van der Waals surface area contributed by atoms with E-state index in [0.29, 0.717) is 5.69 Å². The van der Waals surface area contributed by atoms with E-state index in [4.69, 9.17) is 14.0 Å². The lowest BCUT2D eigenvalue weighted by Crippen LogP contribution is -2.56. The number of alkyl carbamates (subject to hydrolysis) is 1. The van der Waals surface area contributed by atoms with Crippen molar-refractivity contribution in [3.8, 4) is 0 Å². The van der Waals surface area contributed by atoms with E-state index in [1.54, 1.807) is 24.3 Å². The molecule has 1 heterocycles. The number of H-pyrrole nitrogens is 1. The Morgan fingerprint density at radius 1 is 0.764 bits per heavy atom. The summed E-state index contributed by atoms with van der Waals surface area (Å²) < 4.78 is 16.3. The summed E-state index contributed by atoms with van der Waals surface area (Å²) in [6.45, 7) is 3.75. The molecule has 3 amide bonds. The molecule has 0 aliphatic heterocycles. The van der Waals surface area contributed by atoms with Crippen LogP contribution >= 0.6 is 8.00 Å². The number of aromatic amines is 1. The largest absolute Gasteiger partial charge is 0.603 e.